The third-order valence-electron chi connectivity index (χ3n) is 3.96. The lowest BCUT2D eigenvalue weighted by molar-refractivity contribution is 0.0484. The van der Waals surface area contributed by atoms with Crippen molar-refractivity contribution in [3.63, 3.8) is 0 Å². The predicted molar refractivity (Wildman–Crippen MR) is 78.5 cm³/mol. The van der Waals surface area contributed by atoms with Crippen LogP contribution in [0.2, 0.25) is 5.02 Å². The summed E-state index contributed by atoms with van der Waals surface area (Å²) in [5.41, 5.74) is 1.12. The summed E-state index contributed by atoms with van der Waals surface area (Å²) in [5, 5.41) is 4.37. The summed E-state index contributed by atoms with van der Waals surface area (Å²) in [6.07, 6.45) is 6.67. The van der Waals surface area contributed by atoms with Gasteiger partial charge in [-0.05, 0) is 31.2 Å². The summed E-state index contributed by atoms with van der Waals surface area (Å²) in [4.78, 5) is 0. The molecule has 2 fully saturated rings. The number of hydrogen-bond acceptors (Lipinski definition) is 2. The summed E-state index contributed by atoms with van der Waals surface area (Å²) in [6.45, 7) is 1.73. The number of rotatable bonds is 8. The van der Waals surface area contributed by atoms with Gasteiger partial charge in [0, 0.05) is 29.8 Å². The molecule has 2 nitrogen and oxygen atoms in total. The van der Waals surface area contributed by atoms with Crippen LogP contribution in [0, 0.1) is 5.92 Å². The highest BCUT2D eigenvalue weighted by atomic mass is 35.5. The number of nitrogens with one attached hydrogen (secondary N) is 1. The first kappa shape index (κ1) is 13.4. The van der Waals surface area contributed by atoms with Crippen LogP contribution in [0.25, 0.3) is 0 Å². The third-order valence-corrected chi connectivity index (χ3v) is 4.31. The normalized spacial score (nSPS) is 20.5. The standard InChI is InChI=1S/C16H22ClNO/c17-15-4-2-1-3-14(15)16(11-18-13-7-8-13)19-10-9-12-5-6-12/h1-4,12-13,16,18H,5-11H2. The molecule has 2 saturated carbocycles. The maximum Gasteiger partial charge on any atom is 0.0963 e. The molecule has 3 heteroatoms. The van der Waals surface area contributed by atoms with E-state index in [0.29, 0.717) is 6.04 Å². The zero-order valence-electron chi connectivity index (χ0n) is 11.3. The monoisotopic (exact) mass is 279 g/mol. The quantitative estimate of drug-likeness (QED) is 0.778. The highest BCUT2D eigenvalue weighted by Crippen LogP contribution is 2.33. The Bertz CT molecular complexity index is 415. The fourth-order valence-electron chi connectivity index (χ4n) is 2.34. The Morgan fingerprint density at radius 3 is 2.68 bits per heavy atom. The molecule has 0 amide bonds. The van der Waals surface area contributed by atoms with Crippen LogP contribution in [0.5, 0.6) is 0 Å². The molecule has 0 heterocycles. The summed E-state index contributed by atoms with van der Waals surface area (Å²) < 4.78 is 6.09. The van der Waals surface area contributed by atoms with E-state index in [1.54, 1.807) is 0 Å². The lowest BCUT2D eigenvalue weighted by Gasteiger charge is -2.20. The van der Waals surface area contributed by atoms with Gasteiger partial charge in [0.05, 0.1) is 6.10 Å². The molecule has 0 saturated heterocycles. The van der Waals surface area contributed by atoms with Crippen molar-refractivity contribution < 1.29 is 4.74 Å². The molecule has 0 radical (unpaired) electrons. The average molecular weight is 280 g/mol. The van der Waals surface area contributed by atoms with Crippen LogP contribution in [0.1, 0.15) is 43.8 Å². The van der Waals surface area contributed by atoms with E-state index < -0.39 is 0 Å². The summed E-state index contributed by atoms with van der Waals surface area (Å²) >= 11 is 6.30. The van der Waals surface area contributed by atoms with Gasteiger partial charge in [0.1, 0.15) is 0 Å². The molecule has 1 N–H and O–H groups in total. The molecule has 0 spiro atoms. The zero-order valence-corrected chi connectivity index (χ0v) is 12.0. The van der Waals surface area contributed by atoms with E-state index in [1.807, 2.05) is 18.2 Å². The van der Waals surface area contributed by atoms with Crippen LogP contribution < -0.4 is 5.32 Å². The Morgan fingerprint density at radius 2 is 2.00 bits per heavy atom. The molecular formula is C16H22ClNO. The van der Waals surface area contributed by atoms with Crippen LogP contribution in [0.4, 0.5) is 0 Å². The summed E-state index contributed by atoms with van der Waals surface area (Å²) in [5.74, 6) is 0.920. The van der Waals surface area contributed by atoms with E-state index in [1.165, 1.54) is 32.1 Å². The maximum atomic E-state index is 6.30. The Labute approximate surface area is 120 Å². The van der Waals surface area contributed by atoms with E-state index in [-0.39, 0.29) is 6.10 Å². The van der Waals surface area contributed by atoms with E-state index in [0.717, 1.165) is 29.7 Å². The Hall–Kier alpha value is -0.570. The van der Waals surface area contributed by atoms with Crippen LogP contribution in [-0.2, 0) is 4.74 Å². The Kier molecular flexibility index (Phi) is 4.42. The second-order valence-electron chi connectivity index (χ2n) is 5.80. The minimum Gasteiger partial charge on any atom is -0.372 e. The van der Waals surface area contributed by atoms with E-state index in [2.05, 4.69) is 11.4 Å². The smallest absolute Gasteiger partial charge is 0.0963 e. The Balaban J connectivity index is 1.57. The number of hydrogen-bond donors (Lipinski definition) is 1. The lowest BCUT2D eigenvalue weighted by Crippen LogP contribution is -2.25. The van der Waals surface area contributed by atoms with Crippen molar-refractivity contribution in [3.05, 3.63) is 34.9 Å². The van der Waals surface area contributed by atoms with Gasteiger partial charge in [-0.15, -0.1) is 0 Å². The molecular weight excluding hydrogens is 258 g/mol. The third kappa shape index (κ3) is 4.20. The molecule has 3 rings (SSSR count). The molecule has 0 aliphatic heterocycles. The van der Waals surface area contributed by atoms with Crippen molar-refractivity contribution in [3.8, 4) is 0 Å². The lowest BCUT2D eigenvalue weighted by atomic mass is 10.1. The van der Waals surface area contributed by atoms with Crippen LogP contribution in [0.15, 0.2) is 24.3 Å². The van der Waals surface area contributed by atoms with Gasteiger partial charge in [-0.1, -0.05) is 42.6 Å². The van der Waals surface area contributed by atoms with E-state index >= 15 is 0 Å². The van der Waals surface area contributed by atoms with Crippen LogP contribution in [-0.4, -0.2) is 19.2 Å². The molecule has 2 aliphatic carbocycles. The van der Waals surface area contributed by atoms with Gasteiger partial charge in [-0.3, -0.25) is 0 Å². The van der Waals surface area contributed by atoms with Gasteiger partial charge in [-0.25, -0.2) is 0 Å². The molecule has 1 unspecified atom stereocenters. The van der Waals surface area contributed by atoms with Gasteiger partial charge in [0.15, 0.2) is 0 Å². The zero-order chi connectivity index (χ0) is 13.1. The molecule has 2 aliphatic rings. The first-order chi connectivity index (χ1) is 9.33. The maximum absolute atomic E-state index is 6.30. The van der Waals surface area contributed by atoms with Gasteiger partial charge >= 0.3 is 0 Å². The van der Waals surface area contributed by atoms with Gasteiger partial charge in [-0.2, -0.15) is 0 Å². The topological polar surface area (TPSA) is 21.3 Å². The summed E-state index contributed by atoms with van der Waals surface area (Å²) in [7, 11) is 0. The molecule has 1 aromatic carbocycles. The van der Waals surface area contributed by atoms with Crippen LogP contribution >= 0.6 is 11.6 Å². The van der Waals surface area contributed by atoms with Crippen LogP contribution in [0.3, 0.4) is 0 Å². The van der Waals surface area contributed by atoms with E-state index in [9.17, 15) is 0 Å². The van der Waals surface area contributed by atoms with E-state index in [4.69, 9.17) is 16.3 Å². The number of halogens is 1. The van der Waals surface area contributed by atoms with Crippen molar-refractivity contribution in [2.45, 2.75) is 44.2 Å². The second-order valence-corrected chi connectivity index (χ2v) is 6.20. The Morgan fingerprint density at radius 1 is 1.21 bits per heavy atom. The highest BCUT2D eigenvalue weighted by Gasteiger charge is 2.25. The van der Waals surface area contributed by atoms with Gasteiger partial charge in [0.25, 0.3) is 0 Å². The minimum absolute atomic E-state index is 0.0908. The first-order valence-electron chi connectivity index (χ1n) is 7.42. The molecule has 19 heavy (non-hydrogen) atoms. The molecule has 1 aromatic rings. The second kappa shape index (κ2) is 6.25. The fourth-order valence-corrected chi connectivity index (χ4v) is 2.60. The molecule has 0 bridgehead atoms. The first-order valence-corrected chi connectivity index (χ1v) is 7.80. The molecule has 1 atom stereocenters. The van der Waals surface area contributed by atoms with Gasteiger partial charge in [0.2, 0.25) is 0 Å². The van der Waals surface area contributed by atoms with Crippen molar-refractivity contribution in [2.75, 3.05) is 13.2 Å². The van der Waals surface area contributed by atoms with Crippen molar-refractivity contribution in [2.24, 2.45) is 5.92 Å². The summed E-state index contributed by atoms with van der Waals surface area (Å²) in [6, 6.07) is 8.75. The van der Waals surface area contributed by atoms with Crippen molar-refractivity contribution in [1.82, 2.24) is 5.32 Å². The average Bonchev–Trinajstić information content (AvgIpc) is 3.28. The SMILES string of the molecule is Clc1ccccc1C(CNC1CC1)OCCC1CC1. The minimum atomic E-state index is 0.0908. The molecule has 0 aromatic heterocycles. The highest BCUT2D eigenvalue weighted by molar-refractivity contribution is 6.31. The number of benzene rings is 1. The predicted octanol–water partition coefficient (Wildman–Crippen LogP) is 3.95. The van der Waals surface area contributed by atoms with Gasteiger partial charge < -0.3 is 10.1 Å². The largest absolute Gasteiger partial charge is 0.372 e. The number of ether oxygens (including phenoxy) is 1. The van der Waals surface area contributed by atoms with Crippen molar-refractivity contribution >= 4 is 11.6 Å². The molecule has 104 valence electrons. The van der Waals surface area contributed by atoms with Crippen molar-refractivity contribution in [1.29, 1.82) is 0 Å². The fraction of sp³-hybridized carbons (Fsp3) is 0.625.